The Bertz CT molecular complexity index is 372. The van der Waals surface area contributed by atoms with Crippen LogP contribution in [0, 0.1) is 5.41 Å². The second-order valence-electron chi connectivity index (χ2n) is 6.61. The third kappa shape index (κ3) is 4.59. The van der Waals surface area contributed by atoms with Crippen molar-refractivity contribution in [3.05, 3.63) is 0 Å². The first-order valence-electron chi connectivity index (χ1n) is 8.01. The number of carbonyl (C=O) groups excluding carboxylic acids is 1. The molecule has 4 N–H and O–H groups in total. The molecule has 21 heavy (non-hydrogen) atoms. The Hall–Kier alpha value is -1.30. The fraction of sp³-hybridized carbons (Fsp3) is 0.867. The molecule has 0 radical (unpaired) electrons. The van der Waals surface area contributed by atoms with Crippen LogP contribution in [0.1, 0.15) is 51.4 Å². The topological polar surface area (TPSA) is 95.7 Å². The van der Waals surface area contributed by atoms with E-state index in [0.717, 1.165) is 38.5 Å². The van der Waals surface area contributed by atoms with Gasteiger partial charge in [-0.15, -0.1) is 0 Å². The van der Waals surface area contributed by atoms with E-state index in [-0.39, 0.29) is 23.9 Å². The Morgan fingerprint density at radius 2 is 1.81 bits per heavy atom. The summed E-state index contributed by atoms with van der Waals surface area (Å²) in [5, 5.41) is 12.1. The number of likely N-dealkylation sites (tertiary alicyclic amines) is 1. The Balaban J connectivity index is 1.86. The molecule has 1 saturated carbocycles. The maximum absolute atomic E-state index is 12.2. The van der Waals surface area contributed by atoms with Crippen LogP contribution in [0.3, 0.4) is 0 Å². The van der Waals surface area contributed by atoms with E-state index in [2.05, 4.69) is 5.32 Å². The van der Waals surface area contributed by atoms with E-state index in [1.807, 2.05) is 0 Å². The molecular weight excluding hydrogens is 270 g/mol. The largest absolute Gasteiger partial charge is 0.481 e. The first kappa shape index (κ1) is 16.1. The van der Waals surface area contributed by atoms with Crippen molar-refractivity contribution in [2.24, 2.45) is 11.1 Å². The van der Waals surface area contributed by atoms with Crippen molar-refractivity contribution < 1.29 is 14.7 Å². The molecule has 0 spiro atoms. The summed E-state index contributed by atoms with van der Waals surface area (Å²) >= 11 is 0. The molecule has 6 nitrogen and oxygen atoms in total. The van der Waals surface area contributed by atoms with Crippen molar-refractivity contribution in [2.75, 3.05) is 19.6 Å². The maximum atomic E-state index is 12.2. The van der Waals surface area contributed by atoms with Crippen molar-refractivity contribution in [3.8, 4) is 0 Å². The smallest absolute Gasteiger partial charge is 0.317 e. The third-order valence-corrected chi connectivity index (χ3v) is 4.88. The van der Waals surface area contributed by atoms with Crippen molar-refractivity contribution >= 4 is 12.0 Å². The van der Waals surface area contributed by atoms with Gasteiger partial charge in [0.1, 0.15) is 0 Å². The monoisotopic (exact) mass is 297 g/mol. The first-order valence-corrected chi connectivity index (χ1v) is 8.01. The molecule has 0 unspecified atom stereocenters. The van der Waals surface area contributed by atoms with Crippen LogP contribution in [0.25, 0.3) is 0 Å². The second kappa shape index (κ2) is 7.11. The maximum Gasteiger partial charge on any atom is 0.317 e. The minimum Gasteiger partial charge on any atom is -0.481 e. The van der Waals surface area contributed by atoms with Gasteiger partial charge in [-0.3, -0.25) is 4.79 Å². The highest BCUT2D eigenvalue weighted by molar-refractivity contribution is 5.74. The summed E-state index contributed by atoms with van der Waals surface area (Å²) < 4.78 is 0. The number of nitrogens with one attached hydrogen (secondary N) is 1. The van der Waals surface area contributed by atoms with Gasteiger partial charge in [-0.25, -0.2) is 4.79 Å². The molecule has 0 aromatic heterocycles. The summed E-state index contributed by atoms with van der Waals surface area (Å²) in [5.41, 5.74) is 5.58. The third-order valence-electron chi connectivity index (χ3n) is 4.88. The number of hydrogen-bond donors (Lipinski definition) is 3. The van der Waals surface area contributed by atoms with Gasteiger partial charge in [0, 0.05) is 25.7 Å². The standard InChI is InChI=1S/C15H27N3O3/c16-12-4-8-18(9-5-12)14(21)17-11-15(10-13(19)20)6-2-1-3-7-15/h12H,1-11,16H2,(H,17,21)(H,19,20). The molecule has 0 atom stereocenters. The molecule has 2 fully saturated rings. The number of piperidine rings is 1. The van der Waals surface area contributed by atoms with Crippen LogP contribution in [-0.2, 0) is 4.79 Å². The molecule has 1 aliphatic heterocycles. The number of amides is 2. The quantitative estimate of drug-likeness (QED) is 0.733. The van der Waals surface area contributed by atoms with Crippen LogP contribution in [0.4, 0.5) is 4.79 Å². The van der Waals surface area contributed by atoms with E-state index in [1.54, 1.807) is 4.90 Å². The lowest BCUT2D eigenvalue weighted by Crippen LogP contribution is -2.50. The lowest BCUT2D eigenvalue weighted by Gasteiger charge is -2.37. The van der Waals surface area contributed by atoms with E-state index in [1.165, 1.54) is 6.42 Å². The summed E-state index contributed by atoms with van der Waals surface area (Å²) in [5.74, 6) is -0.768. The van der Waals surface area contributed by atoms with Gasteiger partial charge in [-0.05, 0) is 31.1 Å². The van der Waals surface area contributed by atoms with Crippen LogP contribution >= 0.6 is 0 Å². The van der Waals surface area contributed by atoms with Crippen molar-refractivity contribution in [1.82, 2.24) is 10.2 Å². The summed E-state index contributed by atoms with van der Waals surface area (Å²) in [4.78, 5) is 25.1. The Morgan fingerprint density at radius 3 is 2.38 bits per heavy atom. The molecule has 1 aliphatic carbocycles. The van der Waals surface area contributed by atoms with Crippen LogP contribution in [0.15, 0.2) is 0 Å². The number of nitrogens with two attached hydrogens (primary N) is 1. The average Bonchev–Trinajstić information content (AvgIpc) is 2.46. The predicted molar refractivity (Wildman–Crippen MR) is 80.0 cm³/mol. The minimum absolute atomic E-state index is 0.0720. The highest BCUT2D eigenvalue weighted by atomic mass is 16.4. The van der Waals surface area contributed by atoms with Gasteiger partial charge in [0.25, 0.3) is 0 Å². The van der Waals surface area contributed by atoms with Crippen molar-refractivity contribution in [3.63, 3.8) is 0 Å². The second-order valence-corrected chi connectivity index (χ2v) is 6.61. The van der Waals surface area contributed by atoms with Crippen molar-refractivity contribution in [2.45, 2.75) is 57.4 Å². The molecular formula is C15H27N3O3. The highest BCUT2D eigenvalue weighted by Crippen LogP contribution is 2.38. The summed E-state index contributed by atoms with van der Waals surface area (Å²) in [6.07, 6.45) is 6.90. The molecule has 120 valence electrons. The van der Waals surface area contributed by atoms with E-state index >= 15 is 0 Å². The van der Waals surface area contributed by atoms with Gasteiger partial charge >= 0.3 is 12.0 Å². The Labute approximate surface area is 126 Å². The summed E-state index contributed by atoms with van der Waals surface area (Å²) in [6, 6.07) is 0.128. The van der Waals surface area contributed by atoms with Gasteiger partial charge in [-0.1, -0.05) is 19.3 Å². The van der Waals surface area contributed by atoms with Gasteiger partial charge in [-0.2, -0.15) is 0 Å². The molecule has 6 heteroatoms. The number of carbonyl (C=O) groups is 2. The minimum atomic E-state index is -0.768. The molecule has 1 saturated heterocycles. The molecule has 2 rings (SSSR count). The fourth-order valence-electron chi connectivity index (χ4n) is 3.52. The van der Waals surface area contributed by atoms with E-state index in [4.69, 9.17) is 10.8 Å². The number of hydrogen-bond acceptors (Lipinski definition) is 3. The Kier molecular flexibility index (Phi) is 5.45. The number of aliphatic carboxylic acids is 1. The van der Waals surface area contributed by atoms with E-state index in [0.29, 0.717) is 19.6 Å². The zero-order valence-electron chi connectivity index (χ0n) is 12.6. The molecule has 2 amide bonds. The van der Waals surface area contributed by atoms with Gasteiger partial charge in [0.05, 0.1) is 6.42 Å². The summed E-state index contributed by atoms with van der Waals surface area (Å²) in [6.45, 7) is 1.86. The fourth-order valence-corrected chi connectivity index (χ4v) is 3.52. The number of carboxylic acids is 1. The van der Waals surface area contributed by atoms with E-state index < -0.39 is 5.97 Å². The van der Waals surface area contributed by atoms with E-state index in [9.17, 15) is 9.59 Å². The molecule has 0 aromatic rings. The lowest BCUT2D eigenvalue weighted by molar-refractivity contribution is -0.140. The number of carboxylic acid groups (broad SMARTS) is 1. The molecule has 2 aliphatic rings. The molecule has 0 bridgehead atoms. The summed E-state index contributed by atoms with van der Waals surface area (Å²) in [7, 11) is 0. The van der Waals surface area contributed by atoms with Crippen LogP contribution in [0.5, 0.6) is 0 Å². The van der Waals surface area contributed by atoms with Crippen LogP contribution in [-0.4, -0.2) is 47.7 Å². The zero-order valence-corrected chi connectivity index (χ0v) is 12.6. The van der Waals surface area contributed by atoms with Crippen LogP contribution in [0.2, 0.25) is 0 Å². The Morgan fingerprint density at radius 1 is 1.19 bits per heavy atom. The molecule has 0 aromatic carbocycles. The first-order chi connectivity index (χ1) is 10.0. The number of urea groups is 1. The highest BCUT2D eigenvalue weighted by Gasteiger charge is 2.35. The van der Waals surface area contributed by atoms with Crippen molar-refractivity contribution in [1.29, 1.82) is 0 Å². The number of nitrogens with zero attached hydrogens (tertiary/aromatic N) is 1. The van der Waals surface area contributed by atoms with Gasteiger partial charge < -0.3 is 21.1 Å². The van der Waals surface area contributed by atoms with Gasteiger partial charge in [0.2, 0.25) is 0 Å². The van der Waals surface area contributed by atoms with Gasteiger partial charge in [0.15, 0.2) is 0 Å². The average molecular weight is 297 g/mol. The lowest BCUT2D eigenvalue weighted by atomic mass is 9.72. The number of rotatable bonds is 4. The SMILES string of the molecule is NC1CCN(C(=O)NCC2(CC(=O)O)CCCCC2)CC1. The zero-order chi connectivity index (χ0) is 15.3. The normalized spacial score (nSPS) is 22.8. The predicted octanol–water partition coefficient (Wildman–Crippen LogP) is 1.54. The molecule has 1 heterocycles. The van der Waals surface area contributed by atoms with Crippen LogP contribution < -0.4 is 11.1 Å².